The maximum atomic E-state index is 12.3. The average molecular weight is 256 g/mol. The number of nitrogens with one attached hydrogen (secondary N) is 1. The second-order valence-corrected chi connectivity index (χ2v) is 6.22. The predicted octanol–water partition coefficient (Wildman–Crippen LogP) is -0.227. The van der Waals surface area contributed by atoms with Gasteiger partial charge in [0.25, 0.3) is 0 Å². The fourth-order valence-electron chi connectivity index (χ4n) is 1.80. The molecule has 0 aliphatic carbocycles. The van der Waals surface area contributed by atoms with E-state index in [1.807, 2.05) is 0 Å². The Hall–Kier alpha value is -1.05. The lowest BCUT2D eigenvalue weighted by atomic mass is 10.3. The van der Waals surface area contributed by atoms with Crippen molar-refractivity contribution in [1.29, 1.82) is 0 Å². The van der Waals surface area contributed by atoms with E-state index in [4.69, 9.17) is 0 Å². The number of hydrogen-bond donors (Lipinski definition) is 1. The van der Waals surface area contributed by atoms with Gasteiger partial charge in [0.1, 0.15) is 5.25 Å². The van der Waals surface area contributed by atoms with Crippen molar-refractivity contribution in [3.05, 3.63) is 24.3 Å². The molecule has 1 aliphatic rings. The smallest absolute Gasteiger partial charge is 0.222 e. The van der Waals surface area contributed by atoms with Crippen LogP contribution >= 0.6 is 0 Å². The average Bonchev–Trinajstić information content (AvgIpc) is 2.40. The van der Waals surface area contributed by atoms with Gasteiger partial charge in [-0.15, -0.1) is 0 Å². The lowest BCUT2D eigenvalue weighted by molar-refractivity contribution is 0.356. The van der Waals surface area contributed by atoms with Crippen molar-refractivity contribution < 1.29 is 8.42 Å². The van der Waals surface area contributed by atoms with Gasteiger partial charge >= 0.3 is 0 Å². The molecule has 0 radical (unpaired) electrons. The van der Waals surface area contributed by atoms with Gasteiger partial charge in [0.05, 0.1) is 5.69 Å². The molecule has 0 unspecified atom stereocenters. The Labute approximate surface area is 101 Å². The summed E-state index contributed by atoms with van der Waals surface area (Å²) in [6.07, 6.45) is 4.55. The minimum Gasteiger partial charge on any atom is -0.314 e. The van der Waals surface area contributed by atoms with Crippen LogP contribution in [0.1, 0.15) is 17.9 Å². The quantitative estimate of drug-likeness (QED) is 0.808. The molecule has 1 fully saturated rings. The number of aromatic nitrogens is 2. The molecule has 0 bridgehead atoms. The zero-order valence-corrected chi connectivity index (χ0v) is 10.5. The molecule has 17 heavy (non-hydrogen) atoms. The number of rotatable bonds is 3. The second-order valence-electron chi connectivity index (χ2n) is 3.97. The molecule has 7 heteroatoms. The van der Waals surface area contributed by atoms with E-state index < -0.39 is 15.3 Å². The van der Waals surface area contributed by atoms with E-state index in [1.165, 1.54) is 22.9 Å². The molecule has 0 saturated carbocycles. The van der Waals surface area contributed by atoms with Gasteiger partial charge in [0.15, 0.2) is 0 Å². The molecule has 2 rings (SSSR count). The van der Waals surface area contributed by atoms with E-state index in [2.05, 4.69) is 15.3 Å². The standard InChI is InChI=1S/C10H16N4O2S/c1-9(10-8-12-2-3-13-10)17(15,16)14-6-4-11-5-7-14/h2-3,8-9,11H,4-7H2,1H3/t9-/m1/s1. The molecule has 2 heterocycles. The molecule has 0 amide bonds. The Morgan fingerprint density at radius 3 is 2.65 bits per heavy atom. The van der Waals surface area contributed by atoms with E-state index in [9.17, 15) is 8.42 Å². The van der Waals surface area contributed by atoms with Crippen LogP contribution in [0.4, 0.5) is 0 Å². The first-order chi connectivity index (χ1) is 8.12. The number of sulfonamides is 1. The number of nitrogens with zero attached hydrogens (tertiary/aromatic N) is 3. The third kappa shape index (κ3) is 2.62. The summed E-state index contributed by atoms with van der Waals surface area (Å²) >= 11 is 0. The Balaban J connectivity index is 2.20. The third-order valence-corrected chi connectivity index (χ3v) is 5.10. The van der Waals surface area contributed by atoms with Crippen molar-refractivity contribution in [3.63, 3.8) is 0 Å². The Morgan fingerprint density at radius 1 is 1.35 bits per heavy atom. The molecule has 6 nitrogen and oxygen atoms in total. The van der Waals surface area contributed by atoms with Crippen molar-refractivity contribution in [2.24, 2.45) is 0 Å². The molecule has 1 aromatic heterocycles. The summed E-state index contributed by atoms with van der Waals surface area (Å²) in [5.41, 5.74) is 0.492. The molecule has 0 aromatic carbocycles. The second kappa shape index (κ2) is 5.07. The van der Waals surface area contributed by atoms with Crippen LogP contribution in [-0.2, 0) is 10.0 Å². The van der Waals surface area contributed by atoms with E-state index >= 15 is 0 Å². The van der Waals surface area contributed by atoms with Gasteiger partial charge in [0.2, 0.25) is 10.0 Å². The largest absolute Gasteiger partial charge is 0.314 e. The fourth-order valence-corrected chi connectivity index (χ4v) is 3.36. The normalized spacial score (nSPS) is 20.1. The molecular formula is C10H16N4O2S. The van der Waals surface area contributed by atoms with Gasteiger partial charge in [-0.1, -0.05) is 0 Å². The third-order valence-electron chi connectivity index (χ3n) is 2.88. The van der Waals surface area contributed by atoms with Crippen molar-refractivity contribution in [2.45, 2.75) is 12.2 Å². The summed E-state index contributed by atoms with van der Waals surface area (Å²) < 4.78 is 26.1. The van der Waals surface area contributed by atoms with Crippen molar-refractivity contribution in [3.8, 4) is 0 Å². The van der Waals surface area contributed by atoms with Crippen LogP contribution in [0.15, 0.2) is 18.6 Å². The minimum atomic E-state index is -3.32. The van der Waals surface area contributed by atoms with Crippen molar-refractivity contribution in [2.75, 3.05) is 26.2 Å². The van der Waals surface area contributed by atoms with Crippen LogP contribution in [0.3, 0.4) is 0 Å². The van der Waals surface area contributed by atoms with Gasteiger partial charge in [-0.3, -0.25) is 9.97 Å². The summed E-state index contributed by atoms with van der Waals surface area (Å²) in [6.45, 7) is 4.10. The molecule has 1 aromatic rings. The molecule has 0 spiro atoms. The highest BCUT2D eigenvalue weighted by Gasteiger charge is 2.31. The minimum absolute atomic E-state index is 0.492. The number of piperazine rings is 1. The van der Waals surface area contributed by atoms with Crippen molar-refractivity contribution >= 4 is 10.0 Å². The summed E-state index contributed by atoms with van der Waals surface area (Å²) in [6, 6.07) is 0. The highest BCUT2D eigenvalue weighted by atomic mass is 32.2. The zero-order valence-electron chi connectivity index (χ0n) is 9.70. The highest BCUT2D eigenvalue weighted by Crippen LogP contribution is 2.22. The van der Waals surface area contributed by atoms with Crippen LogP contribution in [-0.4, -0.2) is 48.9 Å². The maximum absolute atomic E-state index is 12.3. The summed E-state index contributed by atoms with van der Waals surface area (Å²) in [7, 11) is -3.32. The first-order valence-corrected chi connectivity index (χ1v) is 7.08. The van der Waals surface area contributed by atoms with E-state index in [0.29, 0.717) is 31.9 Å². The Kier molecular flexibility index (Phi) is 3.70. The summed E-state index contributed by atoms with van der Waals surface area (Å²) in [5, 5.41) is 2.49. The monoisotopic (exact) mass is 256 g/mol. The molecular weight excluding hydrogens is 240 g/mol. The first kappa shape index (κ1) is 12.4. The van der Waals surface area contributed by atoms with Crippen LogP contribution in [0, 0.1) is 0 Å². The lowest BCUT2D eigenvalue weighted by Crippen LogP contribution is -2.47. The Bertz CT molecular complexity index is 456. The van der Waals surface area contributed by atoms with Crippen molar-refractivity contribution in [1.82, 2.24) is 19.6 Å². The van der Waals surface area contributed by atoms with Gasteiger partial charge < -0.3 is 5.32 Å². The molecule has 1 N–H and O–H groups in total. The molecule has 1 saturated heterocycles. The van der Waals surface area contributed by atoms with Gasteiger partial charge in [0, 0.05) is 44.8 Å². The van der Waals surface area contributed by atoms with E-state index in [1.54, 1.807) is 6.92 Å². The SMILES string of the molecule is C[C@H](c1cnccn1)S(=O)(=O)N1CCNCC1. The first-order valence-electron chi connectivity index (χ1n) is 5.58. The Morgan fingerprint density at radius 2 is 2.06 bits per heavy atom. The van der Waals surface area contributed by atoms with E-state index in [-0.39, 0.29) is 0 Å². The van der Waals surface area contributed by atoms with Gasteiger partial charge in [-0.05, 0) is 6.92 Å². The molecule has 1 atom stereocenters. The van der Waals surface area contributed by atoms with Crippen LogP contribution in [0.5, 0.6) is 0 Å². The molecule has 94 valence electrons. The van der Waals surface area contributed by atoms with E-state index in [0.717, 1.165) is 0 Å². The summed E-state index contributed by atoms with van der Waals surface area (Å²) in [4.78, 5) is 7.96. The predicted molar refractivity (Wildman–Crippen MR) is 63.8 cm³/mol. The molecule has 1 aliphatic heterocycles. The van der Waals surface area contributed by atoms with Crippen LogP contribution < -0.4 is 5.32 Å². The zero-order chi connectivity index (χ0) is 12.3. The van der Waals surface area contributed by atoms with Gasteiger partial charge in [-0.25, -0.2) is 8.42 Å². The lowest BCUT2D eigenvalue weighted by Gasteiger charge is -2.29. The fraction of sp³-hybridized carbons (Fsp3) is 0.600. The van der Waals surface area contributed by atoms with Crippen LogP contribution in [0.25, 0.3) is 0 Å². The number of hydrogen-bond acceptors (Lipinski definition) is 5. The van der Waals surface area contributed by atoms with Crippen LogP contribution in [0.2, 0.25) is 0 Å². The maximum Gasteiger partial charge on any atom is 0.222 e. The highest BCUT2D eigenvalue weighted by molar-refractivity contribution is 7.89. The van der Waals surface area contributed by atoms with Gasteiger partial charge in [-0.2, -0.15) is 4.31 Å². The summed E-state index contributed by atoms with van der Waals surface area (Å²) in [5.74, 6) is 0. The topological polar surface area (TPSA) is 75.2 Å².